The fourth-order valence-electron chi connectivity index (χ4n) is 2.80. The van der Waals surface area contributed by atoms with Crippen molar-refractivity contribution in [1.82, 2.24) is 10.2 Å². The van der Waals surface area contributed by atoms with E-state index in [1.54, 1.807) is 14.2 Å². The first-order valence-corrected chi connectivity index (χ1v) is 7.43. The molecule has 0 aliphatic carbocycles. The van der Waals surface area contributed by atoms with Crippen molar-refractivity contribution in [3.63, 3.8) is 0 Å². The molecular weight excluding hydrogens is 252 g/mol. The van der Waals surface area contributed by atoms with Crippen LogP contribution in [0.2, 0.25) is 0 Å². The largest absolute Gasteiger partial charge is 0.497 e. The summed E-state index contributed by atoms with van der Waals surface area (Å²) in [5, 5.41) is 3.59. The predicted molar refractivity (Wildman–Crippen MR) is 81.5 cm³/mol. The van der Waals surface area contributed by atoms with Crippen LogP contribution in [0.25, 0.3) is 0 Å². The maximum Gasteiger partial charge on any atom is 0.127 e. The van der Waals surface area contributed by atoms with Crippen LogP contribution in [0, 0.1) is 0 Å². The zero-order chi connectivity index (χ0) is 14.4. The van der Waals surface area contributed by atoms with Crippen LogP contribution in [0.4, 0.5) is 0 Å². The van der Waals surface area contributed by atoms with Crippen molar-refractivity contribution in [2.24, 2.45) is 0 Å². The highest BCUT2D eigenvalue weighted by atomic mass is 16.5. The Morgan fingerprint density at radius 2 is 2.15 bits per heavy atom. The lowest BCUT2D eigenvalue weighted by molar-refractivity contribution is 0.185. The molecule has 112 valence electrons. The number of nitrogens with one attached hydrogen (secondary N) is 1. The number of rotatable bonds is 6. The SMILES string of the molecule is CCCC1CN(Cc2ccc(OC)cc2OC)CCN1. The van der Waals surface area contributed by atoms with Gasteiger partial charge in [-0.15, -0.1) is 0 Å². The van der Waals surface area contributed by atoms with Crippen molar-refractivity contribution < 1.29 is 9.47 Å². The van der Waals surface area contributed by atoms with Gasteiger partial charge in [-0.3, -0.25) is 4.90 Å². The van der Waals surface area contributed by atoms with Gasteiger partial charge in [0.15, 0.2) is 0 Å². The van der Waals surface area contributed by atoms with Crippen molar-refractivity contribution in [2.75, 3.05) is 33.9 Å². The molecule has 1 aromatic rings. The van der Waals surface area contributed by atoms with E-state index < -0.39 is 0 Å². The van der Waals surface area contributed by atoms with E-state index in [2.05, 4.69) is 23.2 Å². The third-order valence-electron chi connectivity index (χ3n) is 3.86. The van der Waals surface area contributed by atoms with E-state index in [0.29, 0.717) is 6.04 Å². The Morgan fingerprint density at radius 1 is 1.30 bits per heavy atom. The van der Waals surface area contributed by atoms with Gasteiger partial charge in [0.1, 0.15) is 11.5 Å². The highest BCUT2D eigenvalue weighted by Crippen LogP contribution is 2.26. The number of piperazine rings is 1. The molecule has 1 unspecified atom stereocenters. The summed E-state index contributed by atoms with van der Waals surface area (Å²) in [6.07, 6.45) is 2.48. The molecule has 1 aliphatic rings. The Balaban J connectivity index is 2.01. The van der Waals surface area contributed by atoms with Crippen molar-refractivity contribution in [3.8, 4) is 11.5 Å². The van der Waals surface area contributed by atoms with Gasteiger partial charge < -0.3 is 14.8 Å². The van der Waals surface area contributed by atoms with Crippen LogP contribution in [0.5, 0.6) is 11.5 Å². The predicted octanol–water partition coefficient (Wildman–Crippen LogP) is 2.28. The van der Waals surface area contributed by atoms with Crippen molar-refractivity contribution in [2.45, 2.75) is 32.4 Å². The zero-order valence-corrected chi connectivity index (χ0v) is 12.8. The van der Waals surface area contributed by atoms with E-state index in [0.717, 1.165) is 37.7 Å². The van der Waals surface area contributed by atoms with Crippen molar-refractivity contribution >= 4 is 0 Å². The number of hydrogen-bond donors (Lipinski definition) is 1. The fourth-order valence-corrected chi connectivity index (χ4v) is 2.80. The average Bonchev–Trinajstić information content (AvgIpc) is 2.48. The molecule has 0 spiro atoms. The maximum absolute atomic E-state index is 5.48. The molecule has 1 N–H and O–H groups in total. The van der Waals surface area contributed by atoms with Crippen LogP contribution in [-0.4, -0.2) is 44.8 Å². The monoisotopic (exact) mass is 278 g/mol. The van der Waals surface area contributed by atoms with Gasteiger partial charge >= 0.3 is 0 Å². The highest BCUT2D eigenvalue weighted by Gasteiger charge is 2.19. The topological polar surface area (TPSA) is 33.7 Å². The van der Waals surface area contributed by atoms with E-state index in [9.17, 15) is 0 Å². The van der Waals surface area contributed by atoms with E-state index in [1.807, 2.05) is 12.1 Å². The molecule has 0 amide bonds. The van der Waals surface area contributed by atoms with E-state index in [-0.39, 0.29) is 0 Å². The number of benzene rings is 1. The van der Waals surface area contributed by atoms with Crippen LogP contribution in [0.3, 0.4) is 0 Å². The van der Waals surface area contributed by atoms with Gasteiger partial charge in [-0.2, -0.15) is 0 Å². The minimum absolute atomic E-state index is 0.623. The molecule has 1 aromatic carbocycles. The van der Waals surface area contributed by atoms with E-state index in [1.165, 1.54) is 18.4 Å². The van der Waals surface area contributed by atoms with Crippen LogP contribution in [-0.2, 0) is 6.54 Å². The quantitative estimate of drug-likeness (QED) is 0.865. The maximum atomic E-state index is 5.48. The second-order valence-corrected chi connectivity index (χ2v) is 5.35. The van der Waals surface area contributed by atoms with Crippen molar-refractivity contribution in [1.29, 1.82) is 0 Å². The summed E-state index contributed by atoms with van der Waals surface area (Å²) >= 11 is 0. The molecule has 20 heavy (non-hydrogen) atoms. The lowest BCUT2D eigenvalue weighted by atomic mass is 10.1. The number of hydrogen-bond acceptors (Lipinski definition) is 4. The van der Waals surface area contributed by atoms with Gasteiger partial charge in [0, 0.05) is 43.9 Å². The second-order valence-electron chi connectivity index (χ2n) is 5.35. The highest BCUT2D eigenvalue weighted by molar-refractivity contribution is 5.40. The minimum atomic E-state index is 0.623. The van der Waals surface area contributed by atoms with Gasteiger partial charge in [0.2, 0.25) is 0 Å². The number of methoxy groups -OCH3 is 2. The third kappa shape index (κ3) is 3.87. The second kappa shape index (κ2) is 7.50. The zero-order valence-electron chi connectivity index (χ0n) is 12.8. The first kappa shape index (κ1) is 15.1. The first-order valence-electron chi connectivity index (χ1n) is 7.43. The van der Waals surface area contributed by atoms with Gasteiger partial charge in [-0.05, 0) is 12.5 Å². The van der Waals surface area contributed by atoms with Gasteiger partial charge in [0.05, 0.1) is 14.2 Å². The average molecular weight is 278 g/mol. The van der Waals surface area contributed by atoms with Crippen LogP contribution < -0.4 is 14.8 Å². The lowest BCUT2D eigenvalue weighted by Gasteiger charge is -2.34. The molecule has 1 atom stereocenters. The van der Waals surface area contributed by atoms with E-state index in [4.69, 9.17) is 9.47 Å². The Kier molecular flexibility index (Phi) is 5.68. The van der Waals surface area contributed by atoms with Gasteiger partial charge in [-0.25, -0.2) is 0 Å². The fraction of sp³-hybridized carbons (Fsp3) is 0.625. The third-order valence-corrected chi connectivity index (χ3v) is 3.86. The summed E-state index contributed by atoms with van der Waals surface area (Å²) in [6.45, 7) is 6.46. The Labute approximate surface area is 122 Å². The Bertz CT molecular complexity index is 421. The van der Waals surface area contributed by atoms with Crippen LogP contribution in [0.1, 0.15) is 25.3 Å². The van der Waals surface area contributed by atoms with Gasteiger partial charge in [0.25, 0.3) is 0 Å². The van der Waals surface area contributed by atoms with Crippen molar-refractivity contribution in [3.05, 3.63) is 23.8 Å². The Hall–Kier alpha value is -1.26. The number of nitrogens with zero attached hydrogens (tertiary/aromatic N) is 1. The normalized spacial score (nSPS) is 19.9. The lowest BCUT2D eigenvalue weighted by Crippen LogP contribution is -2.50. The molecule has 1 saturated heterocycles. The molecule has 2 rings (SSSR count). The standard InChI is InChI=1S/C16H26N2O2/c1-4-5-14-12-18(9-8-17-14)11-13-6-7-15(19-2)10-16(13)20-3/h6-7,10,14,17H,4-5,8-9,11-12H2,1-3H3. The molecule has 1 fully saturated rings. The molecule has 0 aromatic heterocycles. The summed E-state index contributed by atoms with van der Waals surface area (Å²) in [6, 6.07) is 6.69. The molecule has 0 saturated carbocycles. The Morgan fingerprint density at radius 3 is 2.85 bits per heavy atom. The van der Waals surface area contributed by atoms with Crippen LogP contribution >= 0.6 is 0 Å². The van der Waals surface area contributed by atoms with Gasteiger partial charge in [-0.1, -0.05) is 19.4 Å². The first-order chi connectivity index (χ1) is 9.76. The van der Waals surface area contributed by atoms with E-state index >= 15 is 0 Å². The molecule has 1 aliphatic heterocycles. The summed E-state index contributed by atoms with van der Waals surface area (Å²) in [5.74, 6) is 1.75. The summed E-state index contributed by atoms with van der Waals surface area (Å²) in [4.78, 5) is 2.50. The molecular formula is C16H26N2O2. The summed E-state index contributed by atoms with van der Waals surface area (Å²) in [7, 11) is 3.40. The van der Waals surface area contributed by atoms with Crippen LogP contribution in [0.15, 0.2) is 18.2 Å². The molecule has 4 nitrogen and oxygen atoms in total. The number of ether oxygens (including phenoxy) is 2. The molecule has 0 bridgehead atoms. The molecule has 1 heterocycles. The molecule has 0 radical (unpaired) electrons. The minimum Gasteiger partial charge on any atom is -0.497 e. The smallest absolute Gasteiger partial charge is 0.127 e. The summed E-state index contributed by atoms with van der Waals surface area (Å²) in [5.41, 5.74) is 1.23. The summed E-state index contributed by atoms with van der Waals surface area (Å²) < 4.78 is 10.7. The molecule has 4 heteroatoms.